The summed E-state index contributed by atoms with van der Waals surface area (Å²) in [4.78, 5) is 19.7. The van der Waals surface area contributed by atoms with Crippen molar-refractivity contribution in [3.05, 3.63) is 71.4 Å². The number of carbonyl (C=O) groups excluding carboxylic acids is 1. The first-order chi connectivity index (χ1) is 19.5. The number of benzene rings is 2. The summed E-state index contributed by atoms with van der Waals surface area (Å²) in [5, 5.41) is 11.9. The van der Waals surface area contributed by atoms with Crippen molar-refractivity contribution in [3.8, 4) is 5.75 Å². The van der Waals surface area contributed by atoms with E-state index in [1.54, 1.807) is 19.4 Å². The Labute approximate surface area is 238 Å². The number of likely N-dealkylation sites (tertiary alicyclic amines) is 1. The lowest BCUT2D eigenvalue weighted by Gasteiger charge is -2.48. The lowest BCUT2D eigenvalue weighted by molar-refractivity contribution is -0.128. The number of halogens is 2. The van der Waals surface area contributed by atoms with Crippen LogP contribution in [0.2, 0.25) is 0 Å². The van der Waals surface area contributed by atoms with E-state index in [9.17, 15) is 27.1 Å². The minimum atomic E-state index is -3.75. The molecule has 2 aromatic carbocycles. The van der Waals surface area contributed by atoms with Crippen LogP contribution >= 0.6 is 0 Å². The van der Waals surface area contributed by atoms with E-state index in [0.717, 1.165) is 29.3 Å². The van der Waals surface area contributed by atoms with Gasteiger partial charge < -0.3 is 9.84 Å². The largest absolute Gasteiger partial charge is 0.497 e. The molecule has 5 rings (SSSR count). The van der Waals surface area contributed by atoms with Gasteiger partial charge in [0.05, 0.1) is 30.9 Å². The third-order valence-corrected chi connectivity index (χ3v) is 9.16. The molecule has 1 amide bonds. The van der Waals surface area contributed by atoms with Gasteiger partial charge in [0.15, 0.2) is 0 Å². The van der Waals surface area contributed by atoms with Crippen molar-refractivity contribution in [2.45, 2.75) is 50.2 Å². The molecule has 1 aromatic heterocycles. The zero-order valence-electron chi connectivity index (χ0n) is 23.1. The highest BCUT2D eigenvalue weighted by Crippen LogP contribution is 2.43. The summed E-state index contributed by atoms with van der Waals surface area (Å²) in [6.07, 6.45) is 4.63. The molecule has 220 valence electrons. The molecule has 2 fully saturated rings. The Morgan fingerprint density at radius 1 is 1.20 bits per heavy atom. The SMILES string of the molecule is COc1ccc2nccc(C(O)CC[C@@H]3CCN(C4CC(c5cc(F)ccc5F)C4)C[C@@H]3C(=O)NS(C)(=O)=O)c2c1. The van der Waals surface area contributed by atoms with E-state index in [2.05, 4.69) is 14.6 Å². The van der Waals surface area contributed by atoms with Gasteiger partial charge in [0, 0.05) is 24.2 Å². The Kier molecular flexibility index (Phi) is 8.58. The van der Waals surface area contributed by atoms with E-state index in [0.29, 0.717) is 62.1 Å². The van der Waals surface area contributed by atoms with E-state index < -0.39 is 39.6 Å². The van der Waals surface area contributed by atoms with Crippen LogP contribution in [-0.4, -0.2) is 61.8 Å². The number of aromatic nitrogens is 1. The summed E-state index contributed by atoms with van der Waals surface area (Å²) in [5.74, 6) is -1.61. The van der Waals surface area contributed by atoms with Crippen LogP contribution in [0.25, 0.3) is 10.9 Å². The van der Waals surface area contributed by atoms with Crippen LogP contribution in [0, 0.1) is 23.5 Å². The van der Waals surface area contributed by atoms with E-state index >= 15 is 0 Å². The molecule has 1 aliphatic carbocycles. The highest BCUT2D eigenvalue weighted by atomic mass is 32.2. The summed E-state index contributed by atoms with van der Waals surface area (Å²) in [7, 11) is -2.17. The van der Waals surface area contributed by atoms with Crippen molar-refractivity contribution in [1.82, 2.24) is 14.6 Å². The van der Waals surface area contributed by atoms with Gasteiger partial charge in [0.2, 0.25) is 15.9 Å². The van der Waals surface area contributed by atoms with Gasteiger partial charge >= 0.3 is 0 Å². The summed E-state index contributed by atoms with van der Waals surface area (Å²) < 4.78 is 59.2. The third kappa shape index (κ3) is 6.68. The van der Waals surface area contributed by atoms with Crippen LogP contribution in [-0.2, 0) is 14.8 Å². The maximum Gasteiger partial charge on any atom is 0.238 e. The number of rotatable bonds is 9. The second-order valence-electron chi connectivity index (χ2n) is 11.3. The fourth-order valence-corrected chi connectivity index (χ4v) is 6.83. The van der Waals surface area contributed by atoms with Gasteiger partial charge in [-0.15, -0.1) is 0 Å². The number of ether oxygens (including phenoxy) is 1. The highest BCUT2D eigenvalue weighted by molar-refractivity contribution is 7.89. The maximum atomic E-state index is 14.3. The molecular formula is C30H35F2N3O5S. The monoisotopic (exact) mass is 587 g/mol. The number of fused-ring (bicyclic) bond motifs is 1. The first-order valence-electron chi connectivity index (χ1n) is 13.8. The minimum absolute atomic E-state index is 0.0966. The molecule has 1 aliphatic heterocycles. The molecule has 3 atom stereocenters. The molecule has 3 aromatic rings. The molecule has 8 nitrogen and oxygen atoms in total. The molecule has 1 unspecified atom stereocenters. The second kappa shape index (κ2) is 12.0. The minimum Gasteiger partial charge on any atom is -0.497 e. The molecule has 11 heteroatoms. The number of hydrogen-bond acceptors (Lipinski definition) is 7. The first kappa shape index (κ1) is 29.3. The van der Waals surface area contributed by atoms with Crippen molar-refractivity contribution in [2.75, 3.05) is 26.5 Å². The van der Waals surface area contributed by atoms with Gasteiger partial charge in [0.25, 0.3) is 0 Å². The second-order valence-corrected chi connectivity index (χ2v) is 13.0. The summed E-state index contributed by atoms with van der Waals surface area (Å²) in [5.41, 5.74) is 1.82. The fraction of sp³-hybridized carbons (Fsp3) is 0.467. The standard InChI is InChI=1S/C30H35F2N3O5S/c1-40-22-5-7-28-25(16-22)23(9-11-33-28)29(36)8-3-18-10-12-35(17-26(18)30(37)34-41(2,38)39)21-13-19(14-21)24-15-20(31)4-6-27(24)32/h4-7,9,11,15-16,18-19,21,26,29,36H,3,8,10,12-14,17H2,1-2H3,(H,34,37)/t18-,19?,21?,26+,29?/m1/s1. The Morgan fingerprint density at radius 3 is 2.71 bits per heavy atom. The van der Waals surface area contributed by atoms with Crippen LogP contribution in [0.3, 0.4) is 0 Å². The number of sulfonamides is 1. The van der Waals surface area contributed by atoms with E-state index in [4.69, 9.17) is 4.74 Å². The van der Waals surface area contributed by atoms with Crippen LogP contribution in [0.1, 0.15) is 55.3 Å². The Balaban J connectivity index is 1.27. The van der Waals surface area contributed by atoms with E-state index in [1.807, 2.05) is 18.2 Å². The average Bonchev–Trinajstić information content (AvgIpc) is 2.91. The van der Waals surface area contributed by atoms with Gasteiger partial charge in [0.1, 0.15) is 17.4 Å². The molecule has 1 saturated heterocycles. The smallest absolute Gasteiger partial charge is 0.238 e. The number of amides is 1. The number of carbonyl (C=O) groups is 1. The molecule has 41 heavy (non-hydrogen) atoms. The Hall–Kier alpha value is -3.15. The molecule has 0 bridgehead atoms. The van der Waals surface area contributed by atoms with Gasteiger partial charge in [-0.3, -0.25) is 19.4 Å². The predicted octanol–water partition coefficient (Wildman–Crippen LogP) is 4.30. The predicted molar refractivity (Wildman–Crippen MR) is 151 cm³/mol. The third-order valence-electron chi connectivity index (χ3n) is 8.59. The van der Waals surface area contributed by atoms with Crippen LogP contribution in [0.5, 0.6) is 5.75 Å². The molecule has 1 saturated carbocycles. The number of nitrogens with one attached hydrogen (secondary N) is 1. The molecule has 2 aliphatic rings. The topological polar surface area (TPSA) is 109 Å². The van der Waals surface area contributed by atoms with Crippen LogP contribution in [0.15, 0.2) is 48.7 Å². The lowest BCUT2D eigenvalue weighted by Crippen LogP contribution is -2.54. The first-order valence-corrected chi connectivity index (χ1v) is 15.7. The Bertz CT molecular complexity index is 1530. The zero-order chi connectivity index (χ0) is 29.3. The van der Waals surface area contributed by atoms with Gasteiger partial charge in [-0.05, 0) is 104 Å². The summed E-state index contributed by atoms with van der Waals surface area (Å²) in [6.45, 7) is 1.06. The lowest BCUT2D eigenvalue weighted by atomic mass is 9.73. The number of methoxy groups -OCH3 is 1. The maximum absolute atomic E-state index is 14.3. The molecule has 2 heterocycles. The van der Waals surface area contributed by atoms with E-state index in [-0.39, 0.29) is 17.9 Å². The molecule has 0 spiro atoms. The van der Waals surface area contributed by atoms with Crippen molar-refractivity contribution in [2.24, 2.45) is 11.8 Å². The number of aliphatic hydroxyl groups excluding tert-OH is 1. The van der Waals surface area contributed by atoms with Crippen molar-refractivity contribution in [1.29, 1.82) is 0 Å². The van der Waals surface area contributed by atoms with Crippen molar-refractivity contribution >= 4 is 26.8 Å². The molecular weight excluding hydrogens is 552 g/mol. The highest BCUT2D eigenvalue weighted by Gasteiger charge is 2.42. The average molecular weight is 588 g/mol. The summed E-state index contributed by atoms with van der Waals surface area (Å²) in [6, 6.07) is 10.9. The fourth-order valence-electron chi connectivity index (χ4n) is 6.32. The van der Waals surface area contributed by atoms with Crippen molar-refractivity contribution in [3.63, 3.8) is 0 Å². The number of pyridine rings is 1. The molecule has 0 radical (unpaired) electrons. The van der Waals surface area contributed by atoms with E-state index in [1.165, 1.54) is 6.07 Å². The van der Waals surface area contributed by atoms with Gasteiger partial charge in [-0.25, -0.2) is 17.2 Å². The summed E-state index contributed by atoms with van der Waals surface area (Å²) >= 11 is 0. The van der Waals surface area contributed by atoms with Gasteiger partial charge in [-0.2, -0.15) is 0 Å². The molecule has 2 N–H and O–H groups in total. The van der Waals surface area contributed by atoms with Crippen LogP contribution in [0.4, 0.5) is 8.78 Å². The Morgan fingerprint density at radius 2 is 1.98 bits per heavy atom. The normalized spacial score (nSPS) is 24.0. The number of nitrogens with zero attached hydrogens (tertiary/aromatic N) is 2. The van der Waals surface area contributed by atoms with Gasteiger partial charge in [-0.1, -0.05) is 0 Å². The number of hydrogen-bond donors (Lipinski definition) is 2. The zero-order valence-corrected chi connectivity index (χ0v) is 23.9. The van der Waals surface area contributed by atoms with Crippen molar-refractivity contribution < 1.29 is 31.8 Å². The quantitative estimate of drug-likeness (QED) is 0.384. The number of piperidine rings is 1. The number of aliphatic hydroxyl groups is 1. The van der Waals surface area contributed by atoms with Crippen LogP contribution < -0.4 is 9.46 Å².